The van der Waals surface area contributed by atoms with E-state index in [2.05, 4.69) is 52.8 Å². The Kier molecular flexibility index (Phi) is 7.60. The number of hydrogen-bond donors (Lipinski definition) is 0. The Hall–Kier alpha value is -3.13. The van der Waals surface area contributed by atoms with Gasteiger partial charge in [0.25, 0.3) is 0 Å². The van der Waals surface area contributed by atoms with E-state index in [4.69, 9.17) is 5.10 Å². The molecule has 0 bridgehead atoms. The molecule has 1 atom stereocenters. The number of amides is 2. The topological polar surface area (TPSA) is 58.4 Å². The third-order valence-corrected chi connectivity index (χ3v) is 8.90. The first-order chi connectivity index (χ1) is 18.5. The maximum Gasteiger partial charge on any atom is 0.242 e. The zero-order valence-corrected chi connectivity index (χ0v) is 24.2. The number of halogens is 1. The smallest absolute Gasteiger partial charge is 0.242 e. The molecular formula is C31H37FN4O2S. The molecule has 8 heteroatoms. The lowest BCUT2D eigenvalue weighted by molar-refractivity contribution is -0.132. The van der Waals surface area contributed by atoms with Crippen molar-refractivity contribution < 1.29 is 14.0 Å². The molecule has 0 saturated carbocycles. The van der Waals surface area contributed by atoms with E-state index < -0.39 is 0 Å². The highest BCUT2D eigenvalue weighted by Crippen LogP contribution is 2.48. The molecule has 3 heterocycles. The van der Waals surface area contributed by atoms with E-state index in [0.717, 1.165) is 35.2 Å². The standard InChI is InChI=1S/C31H37FN4O2S/c1-20-13-15-34(16-14-20)25(37)18-35-26(38)19-39-28(22-8-6-7-21(2)17-22)27-29(31(3,4)5)33-36(30(27)35)24-11-9-23(32)10-12-24/h6-12,17,20,28H,13-16,18-19H2,1-5H3/t28-/m0/s1. The summed E-state index contributed by atoms with van der Waals surface area (Å²) in [7, 11) is 0. The number of nitrogens with zero attached hydrogens (tertiary/aromatic N) is 4. The summed E-state index contributed by atoms with van der Waals surface area (Å²) in [5.41, 5.74) is 4.34. The van der Waals surface area contributed by atoms with Gasteiger partial charge in [-0.2, -0.15) is 5.10 Å². The molecule has 0 aliphatic carbocycles. The van der Waals surface area contributed by atoms with Gasteiger partial charge in [0.2, 0.25) is 11.8 Å². The van der Waals surface area contributed by atoms with Crippen molar-refractivity contribution in [2.24, 2.45) is 5.92 Å². The SMILES string of the molecule is Cc1cccc([C@@H]2SCC(=O)N(CC(=O)N3CCC(C)CC3)c3c2c(C(C)(C)C)nn3-c2ccc(F)cc2)c1. The highest BCUT2D eigenvalue weighted by Gasteiger charge is 2.40. The van der Waals surface area contributed by atoms with Crippen LogP contribution in [0.5, 0.6) is 0 Å². The van der Waals surface area contributed by atoms with E-state index in [9.17, 15) is 14.0 Å². The lowest BCUT2D eigenvalue weighted by Crippen LogP contribution is -2.46. The number of aromatic nitrogens is 2. The minimum Gasteiger partial charge on any atom is -0.341 e. The molecule has 0 N–H and O–H groups in total. The lowest BCUT2D eigenvalue weighted by Gasteiger charge is -2.32. The molecule has 0 spiro atoms. The van der Waals surface area contributed by atoms with E-state index in [1.165, 1.54) is 12.1 Å². The van der Waals surface area contributed by atoms with Gasteiger partial charge in [-0.15, -0.1) is 11.8 Å². The van der Waals surface area contributed by atoms with Crippen molar-refractivity contribution in [3.05, 3.63) is 76.7 Å². The number of aryl methyl sites for hydroxylation is 1. The first kappa shape index (κ1) is 27.4. The summed E-state index contributed by atoms with van der Waals surface area (Å²) in [5, 5.41) is 4.93. The van der Waals surface area contributed by atoms with Crippen LogP contribution in [0.25, 0.3) is 5.69 Å². The number of likely N-dealkylation sites (tertiary alicyclic amines) is 1. The van der Waals surface area contributed by atoms with Crippen LogP contribution in [-0.4, -0.2) is 51.9 Å². The normalized spacial score (nSPS) is 18.7. The monoisotopic (exact) mass is 548 g/mol. The number of rotatable bonds is 4. The first-order valence-corrected chi connectivity index (χ1v) is 14.7. The summed E-state index contributed by atoms with van der Waals surface area (Å²) in [6, 6.07) is 14.5. The van der Waals surface area contributed by atoms with Gasteiger partial charge in [0.05, 0.1) is 22.4 Å². The van der Waals surface area contributed by atoms with Crippen LogP contribution in [-0.2, 0) is 15.0 Å². The minimum absolute atomic E-state index is 0.0439. The summed E-state index contributed by atoms with van der Waals surface area (Å²) in [6.45, 7) is 12.0. The van der Waals surface area contributed by atoms with Crippen molar-refractivity contribution in [2.45, 2.75) is 58.1 Å². The number of carbonyl (C=O) groups excluding carboxylic acids is 2. The number of carbonyl (C=O) groups is 2. The van der Waals surface area contributed by atoms with Crippen LogP contribution in [0.1, 0.15) is 68.2 Å². The molecule has 1 fully saturated rings. The molecule has 206 valence electrons. The highest BCUT2D eigenvalue weighted by atomic mass is 32.2. The molecule has 2 aliphatic rings. The van der Waals surface area contributed by atoms with Gasteiger partial charge in [-0.25, -0.2) is 9.07 Å². The van der Waals surface area contributed by atoms with E-state index in [1.54, 1.807) is 33.5 Å². The zero-order chi connectivity index (χ0) is 27.9. The van der Waals surface area contributed by atoms with Crippen LogP contribution < -0.4 is 4.90 Å². The van der Waals surface area contributed by atoms with Crippen LogP contribution in [0.4, 0.5) is 10.2 Å². The fraction of sp³-hybridized carbons (Fsp3) is 0.452. The molecule has 2 amide bonds. The molecule has 1 aromatic heterocycles. The average molecular weight is 549 g/mol. The largest absolute Gasteiger partial charge is 0.341 e. The Bertz CT molecular complexity index is 1370. The van der Waals surface area contributed by atoms with Gasteiger partial charge in [0, 0.05) is 24.1 Å². The van der Waals surface area contributed by atoms with Crippen molar-refractivity contribution in [3.8, 4) is 5.69 Å². The summed E-state index contributed by atoms with van der Waals surface area (Å²) < 4.78 is 15.7. The van der Waals surface area contributed by atoms with Crippen molar-refractivity contribution in [1.82, 2.24) is 14.7 Å². The summed E-state index contributed by atoms with van der Waals surface area (Å²) in [6.07, 6.45) is 1.94. The van der Waals surface area contributed by atoms with Crippen LogP contribution >= 0.6 is 11.8 Å². The molecule has 6 nitrogen and oxygen atoms in total. The number of hydrogen-bond acceptors (Lipinski definition) is 4. The van der Waals surface area contributed by atoms with E-state index in [1.807, 2.05) is 11.0 Å². The van der Waals surface area contributed by atoms with Crippen LogP contribution in [0.15, 0.2) is 48.5 Å². The number of thioether (sulfide) groups is 1. The Morgan fingerprint density at radius 3 is 2.44 bits per heavy atom. The van der Waals surface area contributed by atoms with Gasteiger partial charge >= 0.3 is 0 Å². The summed E-state index contributed by atoms with van der Waals surface area (Å²) in [5.74, 6) is 0.921. The molecule has 1 saturated heterocycles. The second-order valence-corrected chi connectivity index (χ2v) is 13.0. The third-order valence-electron chi connectivity index (χ3n) is 7.65. The second-order valence-electron chi connectivity index (χ2n) is 11.9. The van der Waals surface area contributed by atoms with Crippen LogP contribution in [0.3, 0.4) is 0 Å². The number of benzene rings is 2. The van der Waals surface area contributed by atoms with Crippen molar-refractivity contribution in [2.75, 3.05) is 30.3 Å². The molecular weight excluding hydrogens is 511 g/mol. The molecule has 0 radical (unpaired) electrons. The fourth-order valence-corrected chi connectivity index (χ4v) is 6.61. The average Bonchev–Trinajstić information content (AvgIpc) is 3.22. The highest BCUT2D eigenvalue weighted by molar-refractivity contribution is 8.00. The Morgan fingerprint density at radius 2 is 1.79 bits per heavy atom. The molecule has 0 unspecified atom stereocenters. The first-order valence-electron chi connectivity index (χ1n) is 13.7. The van der Waals surface area contributed by atoms with Gasteiger partial charge in [-0.1, -0.05) is 57.5 Å². The van der Waals surface area contributed by atoms with Crippen molar-refractivity contribution in [3.63, 3.8) is 0 Å². The van der Waals surface area contributed by atoms with Crippen molar-refractivity contribution >= 4 is 29.4 Å². The number of piperidine rings is 1. The van der Waals surface area contributed by atoms with E-state index in [0.29, 0.717) is 30.5 Å². The quantitative estimate of drug-likeness (QED) is 0.399. The minimum atomic E-state index is -0.344. The maximum atomic E-state index is 13.9. The second kappa shape index (κ2) is 10.8. The van der Waals surface area contributed by atoms with Gasteiger partial charge in [-0.3, -0.25) is 14.5 Å². The van der Waals surface area contributed by atoms with Crippen molar-refractivity contribution in [1.29, 1.82) is 0 Å². The molecule has 2 aromatic carbocycles. The van der Waals surface area contributed by atoms with Crippen LogP contribution in [0, 0.1) is 18.7 Å². The van der Waals surface area contributed by atoms with Gasteiger partial charge in [0.15, 0.2) is 0 Å². The fourth-order valence-electron chi connectivity index (χ4n) is 5.43. The Labute approximate surface area is 234 Å². The lowest BCUT2D eigenvalue weighted by atomic mass is 9.87. The van der Waals surface area contributed by atoms with Crippen LogP contribution in [0.2, 0.25) is 0 Å². The maximum absolute atomic E-state index is 13.9. The molecule has 3 aromatic rings. The predicted molar refractivity (Wildman–Crippen MR) is 155 cm³/mol. The zero-order valence-electron chi connectivity index (χ0n) is 23.4. The number of anilines is 1. The molecule has 2 aliphatic heterocycles. The number of fused-ring (bicyclic) bond motifs is 1. The van der Waals surface area contributed by atoms with Gasteiger partial charge in [-0.05, 0) is 55.5 Å². The summed E-state index contributed by atoms with van der Waals surface area (Å²) in [4.78, 5) is 30.9. The third kappa shape index (κ3) is 5.62. The predicted octanol–water partition coefficient (Wildman–Crippen LogP) is 6.05. The van der Waals surface area contributed by atoms with E-state index in [-0.39, 0.29) is 40.6 Å². The van der Waals surface area contributed by atoms with Gasteiger partial charge in [0.1, 0.15) is 18.2 Å². The van der Waals surface area contributed by atoms with Gasteiger partial charge < -0.3 is 4.90 Å². The Morgan fingerprint density at radius 1 is 1.10 bits per heavy atom. The molecule has 5 rings (SSSR count). The summed E-state index contributed by atoms with van der Waals surface area (Å²) >= 11 is 1.58. The Balaban J connectivity index is 1.70. The van der Waals surface area contributed by atoms with E-state index >= 15 is 0 Å². The molecule has 39 heavy (non-hydrogen) atoms.